The fourth-order valence-electron chi connectivity index (χ4n) is 2.70. The predicted octanol–water partition coefficient (Wildman–Crippen LogP) is 2.95. The van der Waals surface area contributed by atoms with Crippen LogP contribution in [0.4, 0.5) is 19.1 Å². The van der Waals surface area contributed by atoms with Gasteiger partial charge in [-0.3, -0.25) is 0 Å². The Morgan fingerprint density at radius 3 is 2.46 bits per heavy atom. The molecule has 1 aliphatic rings. The molecule has 140 valence electrons. The molecule has 2 aromatic rings. The summed E-state index contributed by atoms with van der Waals surface area (Å²) in [6.45, 7) is 2.64. The number of rotatable bonds is 4. The molecule has 1 aromatic carbocycles. The molecule has 1 aliphatic heterocycles. The number of alkyl halides is 3. The number of nitrogens with zero attached hydrogens (tertiary/aromatic N) is 3. The molecular formula is C17H18F3N3O2S. The highest BCUT2D eigenvalue weighted by atomic mass is 32.2. The molecule has 0 spiro atoms. The van der Waals surface area contributed by atoms with Gasteiger partial charge in [0, 0.05) is 5.56 Å². The third-order valence-corrected chi connectivity index (χ3v) is 5.45. The summed E-state index contributed by atoms with van der Waals surface area (Å²) in [5.74, 6) is 1.95. The van der Waals surface area contributed by atoms with E-state index in [1.807, 2.05) is 4.90 Å². The minimum Gasteiger partial charge on any atom is -0.616 e. The van der Waals surface area contributed by atoms with Crippen molar-refractivity contribution in [3.63, 3.8) is 0 Å². The monoisotopic (exact) mass is 385 g/mol. The molecule has 1 fully saturated rings. The van der Waals surface area contributed by atoms with Crippen LogP contribution in [-0.4, -0.2) is 39.1 Å². The largest absolute Gasteiger partial charge is 0.616 e. The van der Waals surface area contributed by atoms with Crippen LogP contribution in [-0.2, 0) is 24.0 Å². The third-order valence-electron chi connectivity index (χ3n) is 4.17. The van der Waals surface area contributed by atoms with Crippen molar-refractivity contribution in [1.29, 1.82) is 0 Å². The number of hydrogen-bond acceptors (Lipinski definition) is 5. The highest BCUT2D eigenvalue weighted by molar-refractivity contribution is 7.91. The molecule has 0 aliphatic carbocycles. The number of aromatic nitrogens is 2. The summed E-state index contributed by atoms with van der Waals surface area (Å²) in [7, 11) is 0. The van der Waals surface area contributed by atoms with E-state index in [1.54, 1.807) is 13.0 Å². The van der Waals surface area contributed by atoms with Gasteiger partial charge in [-0.1, -0.05) is 23.3 Å². The Hall–Kier alpha value is -2.00. The van der Waals surface area contributed by atoms with Gasteiger partial charge in [-0.2, -0.15) is 13.2 Å². The van der Waals surface area contributed by atoms with Gasteiger partial charge in [-0.05, 0) is 18.6 Å². The molecule has 2 heterocycles. The maximum absolute atomic E-state index is 13.1. The van der Waals surface area contributed by atoms with Crippen molar-refractivity contribution in [1.82, 2.24) is 9.97 Å². The standard InChI is InChI=1S/C17H18F3N3O2S/c1-12-3-2-4-15(17(18,19)20)14(12)11-25-13-9-21-16(22-10-13)23-5-7-26(24)8-6-23/h2-4,9-10H,5-8,11H2,1H3. The Morgan fingerprint density at radius 1 is 1.19 bits per heavy atom. The minimum absolute atomic E-state index is 0.0996. The molecular weight excluding hydrogens is 367 g/mol. The normalized spacial score (nSPS) is 16.0. The molecule has 0 amide bonds. The average molecular weight is 385 g/mol. The Labute approximate surface area is 152 Å². The number of anilines is 1. The van der Waals surface area contributed by atoms with Gasteiger partial charge in [0.05, 0.1) is 31.0 Å². The van der Waals surface area contributed by atoms with Gasteiger partial charge in [0.1, 0.15) is 18.1 Å². The van der Waals surface area contributed by atoms with Crippen LogP contribution in [0.1, 0.15) is 16.7 Å². The van der Waals surface area contributed by atoms with E-state index in [1.165, 1.54) is 18.5 Å². The molecule has 0 atom stereocenters. The summed E-state index contributed by atoms with van der Waals surface area (Å²) in [6, 6.07) is 4.05. The average Bonchev–Trinajstić information content (AvgIpc) is 2.61. The van der Waals surface area contributed by atoms with Crippen LogP contribution in [0.5, 0.6) is 5.75 Å². The first-order valence-corrected chi connectivity index (χ1v) is 9.54. The molecule has 0 radical (unpaired) electrons. The smallest absolute Gasteiger partial charge is 0.416 e. The lowest BCUT2D eigenvalue weighted by atomic mass is 10.0. The number of benzene rings is 1. The van der Waals surface area contributed by atoms with E-state index in [0.29, 0.717) is 41.9 Å². The number of halogens is 3. The van der Waals surface area contributed by atoms with E-state index in [2.05, 4.69) is 9.97 Å². The van der Waals surface area contributed by atoms with E-state index in [-0.39, 0.29) is 12.2 Å². The lowest BCUT2D eigenvalue weighted by Crippen LogP contribution is -2.41. The number of aryl methyl sites for hydroxylation is 1. The van der Waals surface area contributed by atoms with Crippen molar-refractivity contribution in [3.05, 3.63) is 47.3 Å². The number of hydrogen-bond donors (Lipinski definition) is 0. The molecule has 0 bridgehead atoms. The summed E-state index contributed by atoms with van der Waals surface area (Å²) < 4.78 is 56.3. The first kappa shape index (κ1) is 18.8. The van der Waals surface area contributed by atoms with E-state index in [4.69, 9.17) is 4.74 Å². The molecule has 0 saturated carbocycles. The van der Waals surface area contributed by atoms with Gasteiger partial charge in [-0.15, -0.1) is 0 Å². The zero-order valence-electron chi connectivity index (χ0n) is 14.1. The van der Waals surface area contributed by atoms with Crippen molar-refractivity contribution >= 4 is 17.1 Å². The molecule has 0 unspecified atom stereocenters. The Balaban J connectivity index is 1.68. The molecule has 1 saturated heterocycles. The van der Waals surface area contributed by atoms with Crippen molar-refractivity contribution in [2.24, 2.45) is 0 Å². The van der Waals surface area contributed by atoms with Crippen molar-refractivity contribution in [3.8, 4) is 5.75 Å². The second-order valence-corrected chi connectivity index (χ2v) is 7.64. The Bertz CT molecular complexity index is 748. The van der Waals surface area contributed by atoms with E-state index < -0.39 is 22.9 Å². The predicted molar refractivity (Wildman–Crippen MR) is 92.6 cm³/mol. The van der Waals surface area contributed by atoms with Gasteiger partial charge in [0.15, 0.2) is 5.75 Å². The lowest BCUT2D eigenvalue weighted by Gasteiger charge is -2.27. The topological polar surface area (TPSA) is 61.3 Å². The first-order valence-electron chi connectivity index (χ1n) is 8.05. The summed E-state index contributed by atoms with van der Waals surface area (Å²) in [4.78, 5) is 10.3. The number of ether oxygens (including phenoxy) is 1. The summed E-state index contributed by atoms with van der Waals surface area (Å²) in [5.41, 5.74) is -0.0855. The second kappa shape index (κ2) is 7.71. The molecule has 26 heavy (non-hydrogen) atoms. The fraction of sp³-hybridized carbons (Fsp3) is 0.412. The molecule has 5 nitrogen and oxygen atoms in total. The van der Waals surface area contributed by atoms with Gasteiger partial charge in [-0.25, -0.2) is 9.97 Å². The summed E-state index contributed by atoms with van der Waals surface area (Å²) in [5, 5.41) is 0. The summed E-state index contributed by atoms with van der Waals surface area (Å²) >= 11 is -0.789. The van der Waals surface area contributed by atoms with Crippen molar-refractivity contribution in [2.45, 2.75) is 19.7 Å². The molecule has 1 aromatic heterocycles. The van der Waals surface area contributed by atoms with Crippen LogP contribution in [0.3, 0.4) is 0 Å². The zero-order valence-corrected chi connectivity index (χ0v) is 14.9. The SMILES string of the molecule is Cc1cccc(C(F)(F)F)c1COc1cnc(N2CC[S+]([O-])CC2)nc1. The van der Waals surface area contributed by atoms with Crippen molar-refractivity contribution in [2.75, 3.05) is 29.5 Å². The van der Waals surface area contributed by atoms with Crippen LogP contribution in [0.2, 0.25) is 0 Å². The Kier molecular flexibility index (Phi) is 5.57. The van der Waals surface area contributed by atoms with Gasteiger partial charge in [0.2, 0.25) is 5.95 Å². The van der Waals surface area contributed by atoms with Crippen LogP contribution >= 0.6 is 0 Å². The molecule has 9 heteroatoms. The van der Waals surface area contributed by atoms with Crippen LogP contribution in [0, 0.1) is 6.92 Å². The molecule has 0 N–H and O–H groups in total. The molecule has 3 rings (SSSR count). The summed E-state index contributed by atoms with van der Waals surface area (Å²) in [6.07, 6.45) is -1.54. The third kappa shape index (κ3) is 4.39. The van der Waals surface area contributed by atoms with E-state index >= 15 is 0 Å². The highest BCUT2D eigenvalue weighted by Gasteiger charge is 2.33. The quantitative estimate of drug-likeness (QED) is 0.758. The van der Waals surface area contributed by atoms with E-state index in [9.17, 15) is 17.7 Å². The maximum atomic E-state index is 13.1. The van der Waals surface area contributed by atoms with Crippen molar-refractivity contribution < 1.29 is 22.5 Å². The van der Waals surface area contributed by atoms with Crippen LogP contribution in [0.15, 0.2) is 30.6 Å². The zero-order chi connectivity index (χ0) is 18.7. The van der Waals surface area contributed by atoms with E-state index in [0.717, 1.165) is 6.07 Å². The second-order valence-electron chi connectivity index (χ2n) is 5.94. The van der Waals surface area contributed by atoms with Gasteiger partial charge >= 0.3 is 6.18 Å². The maximum Gasteiger partial charge on any atom is 0.416 e. The minimum atomic E-state index is -4.43. The lowest BCUT2D eigenvalue weighted by molar-refractivity contribution is -0.138. The van der Waals surface area contributed by atoms with Gasteiger partial charge < -0.3 is 14.2 Å². The first-order chi connectivity index (χ1) is 12.3. The Morgan fingerprint density at radius 2 is 1.85 bits per heavy atom. The van der Waals surface area contributed by atoms with Crippen LogP contribution in [0.25, 0.3) is 0 Å². The van der Waals surface area contributed by atoms with Crippen LogP contribution < -0.4 is 9.64 Å². The fourth-order valence-corrected chi connectivity index (χ4v) is 3.75. The van der Waals surface area contributed by atoms with Gasteiger partial charge in [0.25, 0.3) is 0 Å². The highest BCUT2D eigenvalue weighted by Crippen LogP contribution is 2.33.